The molecule has 23 heavy (non-hydrogen) atoms. The van der Waals surface area contributed by atoms with Crippen LogP contribution >= 0.6 is 34.7 Å². The van der Waals surface area contributed by atoms with Crippen LogP contribution in [0, 0.1) is 0 Å². The summed E-state index contributed by atoms with van der Waals surface area (Å²) < 4.78 is 2.46. The first-order valence-electron chi connectivity index (χ1n) is 6.81. The van der Waals surface area contributed by atoms with Crippen molar-refractivity contribution in [1.82, 2.24) is 4.57 Å². The van der Waals surface area contributed by atoms with Gasteiger partial charge in [0.1, 0.15) is 0 Å². The predicted octanol–water partition coefficient (Wildman–Crippen LogP) is 3.98. The number of carbonyl (C=O) groups excluding carboxylic acids is 1. The van der Waals surface area contributed by atoms with Crippen LogP contribution in [0.4, 0.5) is 5.69 Å². The summed E-state index contributed by atoms with van der Waals surface area (Å²) >= 11 is 8.45. The van der Waals surface area contributed by atoms with Gasteiger partial charge in [-0.1, -0.05) is 22.9 Å². The van der Waals surface area contributed by atoms with E-state index in [2.05, 4.69) is 5.32 Å². The summed E-state index contributed by atoms with van der Waals surface area (Å²) in [6.45, 7) is 0. The van der Waals surface area contributed by atoms with Gasteiger partial charge in [0, 0.05) is 22.7 Å². The lowest BCUT2D eigenvalue weighted by Crippen LogP contribution is -2.13. The van der Waals surface area contributed by atoms with E-state index in [1.807, 2.05) is 24.3 Å². The van der Waals surface area contributed by atoms with E-state index in [9.17, 15) is 9.59 Å². The topological polar surface area (TPSA) is 51.1 Å². The SMILES string of the molecule is Cn1c(=O)sc2cc(NC(=O)CSc3ccc(Cl)cc3)ccc21. The minimum atomic E-state index is -0.0902. The van der Waals surface area contributed by atoms with Gasteiger partial charge in [0.15, 0.2) is 0 Å². The molecule has 3 rings (SSSR count). The third-order valence-electron chi connectivity index (χ3n) is 3.26. The third kappa shape index (κ3) is 3.77. The first kappa shape index (κ1) is 16.1. The maximum Gasteiger partial charge on any atom is 0.307 e. The molecule has 4 nitrogen and oxygen atoms in total. The molecular formula is C16H13ClN2O2S2. The Morgan fingerprint density at radius 1 is 1.26 bits per heavy atom. The summed E-state index contributed by atoms with van der Waals surface area (Å²) in [7, 11) is 1.74. The zero-order valence-corrected chi connectivity index (χ0v) is 14.6. The van der Waals surface area contributed by atoms with E-state index in [1.54, 1.807) is 29.8 Å². The van der Waals surface area contributed by atoms with Crippen molar-refractivity contribution in [2.75, 3.05) is 11.1 Å². The van der Waals surface area contributed by atoms with Crippen molar-refractivity contribution >= 4 is 56.5 Å². The lowest BCUT2D eigenvalue weighted by molar-refractivity contribution is -0.113. The van der Waals surface area contributed by atoms with Crippen LogP contribution in [0.3, 0.4) is 0 Å². The zero-order chi connectivity index (χ0) is 16.4. The van der Waals surface area contributed by atoms with E-state index in [-0.39, 0.29) is 10.8 Å². The molecule has 1 aromatic heterocycles. The van der Waals surface area contributed by atoms with Crippen LogP contribution in [-0.2, 0) is 11.8 Å². The van der Waals surface area contributed by atoms with Crippen molar-refractivity contribution in [3.8, 4) is 0 Å². The molecule has 0 saturated heterocycles. The van der Waals surface area contributed by atoms with Gasteiger partial charge >= 0.3 is 4.87 Å². The standard InChI is InChI=1S/C16H13ClN2O2S2/c1-19-13-7-4-11(8-14(13)23-16(19)21)18-15(20)9-22-12-5-2-10(17)3-6-12/h2-8H,9H2,1H3,(H,18,20). The minimum Gasteiger partial charge on any atom is -0.325 e. The van der Waals surface area contributed by atoms with Crippen LogP contribution < -0.4 is 10.2 Å². The van der Waals surface area contributed by atoms with E-state index in [0.717, 1.165) is 15.1 Å². The monoisotopic (exact) mass is 364 g/mol. The van der Waals surface area contributed by atoms with Crippen LogP contribution in [-0.4, -0.2) is 16.2 Å². The van der Waals surface area contributed by atoms with Crippen molar-refractivity contribution in [3.05, 3.63) is 57.2 Å². The van der Waals surface area contributed by atoms with Crippen LogP contribution in [0.15, 0.2) is 52.2 Å². The smallest absolute Gasteiger partial charge is 0.307 e. The third-order valence-corrected chi connectivity index (χ3v) is 5.52. The second-order valence-electron chi connectivity index (χ2n) is 4.90. The number of aryl methyl sites for hydroxylation is 1. The number of carbonyl (C=O) groups is 1. The number of nitrogens with zero attached hydrogens (tertiary/aromatic N) is 1. The molecule has 0 aliphatic heterocycles. The Kier molecular flexibility index (Phi) is 4.75. The quantitative estimate of drug-likeness (QED) is 0.712. The molecule has 0 unspecified atom stereocenters. The zero-order valence-electron chi connectivity index (χ0n) is 12.2. The number of rotatable bonds is 4. The van der Waals surface area contributed by atoms with Gasteiger partial charge in [-0.15, -0.1) is 11.8 Å². The number of halogens is 1. The van der Waals surface area contributed by atoms with Crippen molar-refractivity contribution in [2.45, 2.75) is 4.90 Å². The molecule has 1 amide bonds. The summed E-state index contributed by atoms with van der Waals surface area (Å²) in [5, 5.41) is 3.53. The lowest BCUT2D eigenvalue weighted by Gasteiger charge is -2.06. The fourth-order valence-electron chi connectivity index (χ4n) is 2.09. The van der Waals surface area contributed by atoms with Gasteiger partial charge < -0.3 is 9.88 Å². The molecule has 7 heteroatoms. The van der Waals surface area contributed by atoms with Gasteiger partial charge in [-0.25, -0.2) is 0 Å². The average Bonchev–Trinajstić information content (AvgIpc) is 2.81. The number of anilines is 1. The van der Waals surface area contributed by atoms with Crippen LogP contribution in [0.5, 0.6) is 0 Å². The van der Waals surface area contributed by atoms with Crippen molar-refractivity contribution < 1.29 is 4.79 Å². The highest BCUT2D eigenvalue weighted by atomic mass is 35.5. The molecule has 2 aromatic carbocycles. The maximum absolute atomic E-state index is 12.0. The number of amides is 1. The van der Waals surface area contributed by atoms with Gasteiger partial charge in [-0.2, -0.15) is 0 Å². The first-order chi connectivity index (χ1) is 11.0. The van der Waals surface area contributed by atoms with E-state index < -0.39 is 0 Å². The van der Waals surface area contributed by atoms with Gasteiger partial charge in [-0.05, 0) is 42.5 Å². The van der Waals surface area contributed by atoms with Crippen molar-refractivity contribution in [2.24, 2.45) is 7.05 Å². The van der Waals surface area contributed by atoms with E-state index in [0.29, 0.717) is 16.5 Å². The number of fused-ring (bicyclic) bond motifs is 1. The van der Waals surface area contributed by atoms with E-state index in [1.165, 1.54) is 23.1 Å². The van der Waals surface area contributed by atoms with Crippen LogP contribution in [0.1, 0.15) is 0 Å². The van der Waals surface area contributed by atoms with Gasteiger partial charge in [0.2, 0.25) is 5.91 Å². The fraction of sp³-hybridized carbons (Fsp3) is 0.125. The molecule has 118 valence electrons. The molecule has 1 N–H and O–H groups in total. The summed E-state index contributed by atoms with van der Waals surface area (Å²) in [5.74, 6) is 0.220. The molecule has 0 spiro atoms. The highest BCUT2D eigenvalue weighted by molar-refractivity contribution is 8.00. The normalized spacial score (nSPS) is 10.9. The van der Waals surface area contributed by atoms with E-state index >= 15 is 0 Å². The predicted molar refractivity (Wildman–Crippen MR) is 97.9 cm³/mol. The number of thiazole rings is 1. The fourth-order valence-corrected chi connectivity index (χ4v) is 3.83. The van der Waals surface area contributed by atoms with Crippen LogP contribution in [0.2, 0.25) is 5.02 Å². The highest BCUT2D eigenvalue weighted by Gasteiger charge is 2.07. The molecule has 0 aliphatic carbocycles. The molecule has 0 radical (unpaired) electrons. The Morgan fingerprint density at radius 2 is 2.00 bits per heavy atom. The number of benzene rings is 2. The Morgan fingerprint density at radius 3 is 2.74 bits per heavy atom. The summed E-state index contributed by atoms with van der Waals surface area (Å²) in [6, 6.07) is 12.8. The number of hydrogen-bond acceptors (Lipinski definition) is 4. The summed E-state index contributed by atoms with van der Waals surface area (Å²) in [6.07, 6.45) is 0. The Hall–Kier alpha value is -1.76. The number of hydrogen-bond donors (Lipinski definition) is 1. The second kappa shape index (κ2) is 6.78. The highest BCUT2D eigenvalue weighted by Crippen LogP contribution is 2.23. The van der Waals surface area contributed by atoms with E-state index in [4.69, 9.17) is 11.6 Å². The number of aromatic nitrogens is 1. The molecule has 0 aliphatic rings. The number of nitrogens with one attached hydrogen (secondary N) is 1. The largest absolute Gasteiger partial charge is 0.325 e. The van der Waals surface area contributed by atoms with Crippen LogP contribution in [0.25, 0.3) is 10.2 Å². The Labute approximate surface area is 146 Å². The van der Waals surface area contributed by atoms with Gasteiger partial charge in [-0.3, -0.25) is 9.59 Å². The molecule has 0 atom stereocenters. The molecular weight excluding hydrogens is 352 g/mol. The summed E-state index contributed by atoms with van der Waals surface area (Å²) in [4.78, 5) is 24.7. The Balaban J connectivity index is 1.65. The minimum absolute atomic E-state index is 0.0122. The van der Waals surface area contributed by atoms with Crippen molar-refractivity contribution in [1.29, 1.82) is 0 Å². The molecule has 0 bridgehead atoms. The van der Waals surface area contributed by atoms with Gasteiger partial charge in [0.25, 0.3) is 0 Å². The first-order valence-corrected chi connectivity index (χ1v) is 8.99. The molecule has 0 saturated carbocycles. The average molecular weight is 365 g/mol. The molecule has 1 heterocycles. The molecule has 3 aromatic rings. The maximum atomic E-state index is 12.0. The molecule has 0 fully saturated rings. The lowest BCUT2D eigenvalue weighted by atomic mass is 10.3. The van der Waals surface area contributed by atoms with Gasteiger partial charge in [0.05, 0.1) is 16.0 Å². The van der Waals surface area contributed by atoms with Crippen molar-refractivity contribution in [3.63, 3.8) is 0 Å². The second-order valence-corrected chi connectivity index (χ2v) is 7.38. The number of thioether (sulfide) groups is 1. The Bertz CT molecular complexity index is 916. The summed E-state index contributed by atoms with van der Waals surface area (Å²) in [5.41, 5.74) is 1.56.